The lowest BCUT2D eigenvalue weighted by atomic mass is 10.0. The molecule has 4 nitrogen and oxygen atoms in total. The van der Waals surface area contributed by atoms with E-state index in [0.29, 0.717) is 6.42 Å². The number of esters is 1. The molecule has 0 radical (unpaired) electrons. The van der Waals surface area contributed by atoms with Gasteiger partial charge in [0, 0.05) is 6.42 Å². The van der Waals surface area contributed by atoms with Gasteiger partial charge in [-0.15, -0.1) is 0 Å². The Morgan fingerprint density at radius 3 is 1.38 bits per heavy atom. The van der Waals surface area contributed by atoms with Crippen molar-refractivity contribution in [3.8, 4) is 0 Å². The van der Waals surface area contributed by atoms with Crippen molar-refractivity contribution in [3.05, 3.63) is 0 Å². The number of carbonyl (C=O) groups excluding carboxylic acids is 1. The minimum atomic E-state index is -1.09. The molecule has 0 amide bonds. The Balaban J connectivity index is 3.18. The maximum absolute atomic E-state index is 11.4. The second-order valence-corrected chi connectivity index (χ2v) is 7.52. The fourth-order valence-electron chi connectivity index (χ4n) is 3.12. The van der Waals surface area contributed by atoms with Crippen LogP contribution in [0.5, 0.6) is 0 Å². The highest BCUT2D eigenvalue weighted by Gasteiger charge is 2.15. The van der Waals surface area contributed by atoms with Crippen LogP contribution >= 0.6 is 0 Å². The van der Waals surface area contributed by atoms with Gasteiger partial charge in [-0.2, -0.15) is 0 Å². The summed E-state index contributed by atoms with van der Waals surface area (Å²) in [5.74, 6) is -1.49. The molecule has 0 heterocycles. The van der Waals surface area contributed by atoms with Crippen LogP contribution < -0.4 is 0 Å². The van der Waals surface area contributed by atoms with Crippen LogP contribution in [-0.4, -0.2) is 23.1 Å². The van der Waals surface area contributed by atoms with Gasteiger partial charge in [-0.25, -0.2) is 4.79 Å². The molecule has 0 bridgehead atoms. The quantitative estimate of drug-likeness (QED) is 0.204. The molecule has 0 aromatic carbocycles. The summed E-state index contributed by atoms with van der Waals surface area (Å²) in [6.07, 6.45) is 20.0. The number of hydrogen-bond donors (Lipinski definition) is 1. The van der Waals surface area contributed by atoms with E-state index in [1.807, 2.05) is 0 Å². The smallest absolute Gasteiger partial charge is 0.344 e. The zero-order valence-corrected chi connectivity index (χ0v) is 17.3. The van der Waals surface area contributed by atoms with E-state index in [9.17, 15) is 9.59 Å². The molecule has 1 unspecified atom stereocenters. The molecule has 0 saturated carbocycles. The Kier molecular flexibility index (Phi) is 18.0. The second kappa shape index (κ2) is 18.7. The van der Waals surface area contributed by atoms with Crippen LogP contribution in [-0.2, 0) is 14.3 Å². The topological polar surface area (TPSA) is 63.6 Å². The molecule has 1 N–H and O–H groups in total. The molecule has 0 aliphatic heterocycles. The SMILES string of the molecule is CCCCCCCCCCCCCCCCCCC(=O)OC(C)C(=O)O. The standard InChI is InChI=1S/C22H42O4/c1-3-4-5-6-7-8-9-10-11-12-13-14-15-16-17-18-19-21(23)26-20(2)22(24)25/h20H,3-19H2,1-2H3,(H,24,25). The Labute approximate surface area is 161 Å². The molecule has 0 aromatic heterocycles. The predicted molar refractivity (Wildman–Crippen MR) is 107 cm³/mol. The Morgan fingerprint density at radius 1 is 0.692 bits per heavy atom. The maximum atomic E-state index is 11.4. The lowest BCUT2D eigenvalue weighted by Gasteiger charge is -2.08. The zero-order chi connectivity index (χ0) is 19.5. The highest BCUT2D eigenvalue weighted by Crippen LogP contribution is 2.14. The number of carboxylic acids is 1. The van der Waals surface area contributed by atoms with E-state index in [0.717, 1.165) is 19.3 Å². The average Bonchev–Trinajstić information content (AvgIpc) is 2.61. The average molecular weight is 371 g/mol. The van der Waals surface area contributed by atoms with Crippen molar-refractivity contribution in [1.82, 2.24) is 0 Å². The van der Waals surface area contributed by atoms with Crippen molar-refractivity contribution in [2.24, 2.45) is 0 Å². The number of aliphatic carboxylic acids is 1. The zero-order valence-electron chi connectivity index (χ0n) is 17.3. The van der Waals surface area contributed by atoms with E-state index < -0.39 is 18.0 Å². The van der Waals surface area contributed by atoms with Crippen LogP contribution in [0.4, 0.5) is 0 Å². The van der Waals surface area contributed by atoms with Crippen molar-refractivity contribution in [2.75, 3.05) is 0 Å². The van der Waals surface area contributed by atoms with Crippen molar-refractivity contribution >= 4 is 11.9 Å². The number of hydrogen-bond acceptors (Lipinski definition) is 3. The molecule has 26 heavy (non-hydrogen) atoms. The number of carbonyl (C=O) groups is 2. The lowest BCUT2D eigenvalue weighted by molar-refractivity contribution is -0.162. The number of ether oxygens (including phenoxy) is 1. The number of carboxylic acid groups (broad SMARTS) is 1. The molecule has 0 aromatic rings. The van der Waals surface area contributed by atoms with E-state index in [-0.39, 0.29) is 0 Å². The van der Waals surface area contributed by atoms with Crippen LogP contribution in [0.15, 0.2) is 0 Å². The summed E-state index contributed by atoms with van der Waals surface area (Å²) < 4.78 is 4.80. The van der Waals surface area contributed by atoms with Gasteiger partial charge in [0.1, 0.15) is 0 Å². The molecule has 0 rings (SSSR count). The van der Waals surface area contributed by atoms with Crippen LogP contribution in [0.2, 0.25) is 0 Å². The molecule has 0 saturated heterocycles. The van der Waals surface area contributed by atoms with E-state index in [2.05, 4.69) is 6.92 Å². The van der Waals surface area contributed by atoms with Gasteiger partial charge in [-0.3, -0.25) is 4.79 Å². The predicted octanol–water partition coefficient (Wildman–Crippen LogP) is 6.65. The Hall–Kier alpha value is -1.06. The summed E-state index contributed by atoms with van der Waals surface area (Å²) in [4.78, 5) is 22.0. The second-order valence-electron chi connectivity index (χ2n) is 7.52. The third kappa shape index (κ3) is 17.8. The lowest BCUT2D eigenvalue weighted by Crippen LogP contribution is -2.23. The minimum Gasteiger partial charge on any atom is -0.479 e. The van der Waals surface area contributed by atoms with Gasteiger partial charge in [0.15, 0.2) is 6.10 Å². The minimum absolute atomic E-state index is 0.329. The number of unbranched alkanes of at least 4 members (excludes halogenated alkanes) is 15. The molecule has 0 fully saturated rings. The van der Waals surface area contributed by atoms with Crippen LogP contribution in [0, 0.1) is 0 Å². The Bertz CT molecular complexity index is 341. The first-order valence-electron chi connectivity index (χ1n) is 11.0. The monoisotopic (exact) mass is 370 g/mol. The van der Waals surface area contributed by atoms with Gasteiger partial charge in [-0.05, 0) is 13.3 Å². The van der Waals surface area contributed by atoms with Gasteiger partial charge >= 0.3 is 11.9 Å². The van der Waals surface area contributed by atoms with Crippen molar-refractivity contribution in [3.63, 3.8) is 0 Å². The largest absolute Gasteiger partial charge is 0.479 e. The van der Waals surface area contributed by atoms with Gasteiger partial charge in [-0.1, -0.05) is 103 Å². The summed E-state index contributed by atoms with van der Waals surface area (Å²) in [5.41, 5.74) is 0. The van der Waals surface area contributed by atoms with E-state index in [4.69, 9.17) is 9.84 Å². The first kappa shape index (κ1) is 24.9. The van der Waals surface area contributed by atoms with E-state index >= 15 is 0 Å². The summed E-state index contributed by atoms with van der Waals surface area (Å²) in [6, 6.07) is 0. The van der Waals surface area contributed by atoms with Gasteiger partial charge in [0.2, 0.25) is 0 Å². The normalized spacial score (nSPS) is 12.1. The van der Waals surface area contributed by atoms with Crippen molar-refractivity contribution in [1.29, 1.82) is 0 Å². The third-order valence-corrected chi connectivity index (χ3v) is 4.89. The maximum Gasteiger partial charge on any atom is 0.344 e. The van der Waals surface area contributed by atoms with Crippen LogP contribution in [0.3, 0.4) is 0 Å². The highest BCUT2D eigenvalue weighted by atomic mass is 16.6. The van der Waals surface area contributed by atoms with Crippen molar-refractivity contribution < 1.29 is 19.4 Å². The molecule has 4 heteroatoms. The molecule has 0 aliphatic rings. The molecular formula is C22H42O4. The summed E-state index contributed by atoms with van der Waals surface area (Å²) in [6.45, 7) is 3.65. The first-order chi connectivity index (χ1) is 12.6. The molecular weight excluding hydrogens is 328 g/mol. The summed E-state index contributed by atoms with van der Waals surface area (Å²) in [5, 5.41) is 8.67. The van der Waals surface area contributed by atoms with Gasteiger partial charge in [0.25, 0.3) is 0 Å². The molecule has 1 atom stereocenters. The molecule has 154 valence electrons. The summed E-state index contributed by atoms with van der Waals surface area (Å²) in [7, 11) is 0. The van der Waals surface area contributed by atoms with Crippen molar-refractivity contribution in [2.45, 2.75) is 129 Å². The van der Waals surface area contributed by atoms with Crippen LogP contribution in [0.1, 0.15) is 123 Å². The van der Waals surface area contributed by atoms with E-state index in [1.165, 1.54) is 90.4 Å². The van der Waals surface area contributed by atoms with Crippen LogP contribution in [0.25, 0.3) is 0 Å². The van der Waals surface area contributed by atoms with Gasteiger partial charge in [0.05, 0.1) is 0 Å². The molecule has 0 aliphatic carbocycles. The summed E-state index contributed by atoms with van der Waals surface area (Å²) >= 11 is 0. The Morgan fingerprint density at radius 2 is 1.04 bits per heavy atom. The molecule has 0 spiro atoms. The van der Waals surface area contributed by atoms with E-state index in [1.54, 1.807) is 0 Å². The first-order valence-corrected chi connectivity index (χ1v) is 11.0. The fraction of sp³-hybridized carbons (Fsp3) is 0.909. The number of rotatable bonds is 19. The third-order valence-electron chi connectivity index (χ3n) is 4.89. The fourth-order valence-corrected chi connectivity index (χ4v) is 3.12. The highest BCUT2D eigenvalue weighted by molar-refractivity contribution is 5.77. The van der Waals surface area contributed by atoms with Gasteiger partial charge < -0.3 is 9.84 Å².